The number of rotatable bonds is 5. The summed E-state index contributed by atoms with van der Waals surface area (Å²) < 4.78 is 39.9. The number of carbonyl (C=O) groups is 1. The second kappa shape index (κ2) is 8.11. The largest absolute Gasteiger partial charge is 0.416 e. The van der Waals surface area contributed by atoms with Crippen molar-refractivity contribution in [3.63, 3.8) is 0 Å². The molecule has 0 saturated heterocycles. The van der Waals surface area contributed by atoms with Gasteiger partial charge in [-0.2, -0.15) is 18.3 Å². The van der Waals surface area contributed by atoms with Crippen LogP contribution in [0.5, 0.6) is 0 Å². The molecule has 0 spiro atoms. The maximum atomic E-state index is 12.8. The number of hydrogen-bond donors (Lipinski definition) is 1. The van der Waals surface area contributed by atoms with Crippen LogP contribution >= 0.6 is 0 Å². The van der Waals surface area contributed by atoms with E-state index in [1.165, 1.54) is 12.1 Å². The minimum atomic E-state index is -4.38. The second-order valence-electron chi connectivity index (χ2n) is 7.00. The Morgan fingerprint density at radius 1 is 1.07 bits per heavy atom. The van der Waals surface area contributed by atoms with Crippen molar-refractivity contribution in [3.05, 3.63) is 88.2 Å². The minimum absolute atomic E-state index is 0.299. The highest BCUT2D eigenvalue weighted by atomic mass is 19.4. The van der Waals surface area contributed by atoms with Gasteiger partial charge in [-0.3, -0.25) is 9.48 Å². The molecule has 3 aromatic rings. The molecule has 1 atom stereocenters. The van der Waals surface area contributed by atoms with Gasteiger partial charge in [-0.25, -0.2) is 0 Å². The van der Waals surface area contributed by atoms with Crippen LogP contribution < -0.4 is 5.32 Å². The zero-order valence-corrected chi connectivity index (χ0v) is 16.4. The molecule has 0 aliphatic rings. The van der Waals surface area contributed by atoms with E-state index < -0.39 is 17.8 Å². The summed E-state index contributed by atoms with van der Waals surface area (Å²) in [5, 5.41) is 7.33. The van der Waals surface area contributed by atoms with Crippen LogP contribution in [-0.2, 0) is 12.7 Å². The van der Waals surface area contributed by atoms with E-state index in [1.807, 2.05) is 37.3 Å². The van der Waals surface area contributed by atoms with Gasteiger partial charge in [-0.15, -0.1) is 0 Å². The number of halogens is 3. The van der Waals surface area contributed by atoms with Gasteiger partial charge in [0, 0.05) is 5.69 Å². The van der Waals surface area contributed by atoms with E-state index in [2.05, 4.69) is 10.4 Å². The minimum Gasteiger partial charge on any atom is -0.345 e. The number of hydrogen-bond acceptors (Lipinski definition) is 2. The molecule has 1 heterocycles. The van der Waals surface area contributed by atoms with Crippen LogP contribution in [0.4, 0.5) is 13.2 Å². The van der Waals surface area contributed by atoms with Crippen LogP contribution in [-0.4, -0.2) is 15.7 Å². The topological polar surface area (TPSA) is 46.9 Å². The van der Waals surface area contributed by atoms with Gasteiger partial charge in [0.2, 0.25) is 0 Å². The first-order chi connectivity index (χ1) is 13.7. The summed E-state index contributed by atoms with van der Waals surface area (Å²) in [6.45, 7) is 5.89. The molecule has 0 fully saturated rings. The fraction of sp³-hybridized carbons (Fsp3) is 0.273. The summed E-state index contributed by atoms with van der Waals surface area (Å²) >= 11 is 0. The van der Waals surface area contributed by atoms with Crippen LogP contribution in [0.25, 0.3) is 0 Å². The fourth-order valence-corrected chi connectivity index (χ4v) is 3.25. The van der Waals surface area contributed by atoms with Crippen LogP contribution in [0.1, 0.15) is 51.4 Å². The van der Waals surface area contributed by atoms with Crippen LogP contribution in [0.2, 0.25) is 0 Å². The molecule has 0 aliphatic heterocycles. The van der Waals surface area contributed by atoms with Crippen LogP contribution in [0.15, 0.2) is 54.6 Å². The van der Waals surface area contributed by atoms with Gasteiger partial charge in [0.1, 0.15) is 0 Å². The Morgan fingerprint density at radius 2 is 1.69 bits per heavy atom. The normalized spacial score (nSPS) is 12.6. The summed E-state index contributed by atoms with van der Waals surface area (Å²) in [4.78, 5) is 12.8. The Morgan fingerprint density at radius 3 is 2.28 bits per heavy atom. The highest BCUT2D eigenvalue weighted by molar-refractivity contribution is 5.96. The first-order valence-corrected chi connectivity index (χ1v) is 9.22. The molecular formula is C22H22F3N3O. The van der Waals surface area contributed by atoms with Crippen molar-refractivity contribution in [2.75, 3.05) is 0 Å². The lowest BCUT2D eigenvalue weighted by molar-refractivity contribution is -0.137. The number of amides is 1. The van der Waals surface area contributed by atoms with Gasteiger partial charge in [0.25, 0.3) is 5.91 Å². The molecule has 0 aliphatic carbocycles. The van der Waals surface area contributed by atoms with E-state index in [1.54, 1.807) is 18.5 Å². The smallest absolute Gasteiger partial charge is 0.345 e. The summed E-state index contributed by atoms with van der Waals surface area (Å²) in [6, 6.07) is 14.2. The van der Waals surface area contributed by atoms with Crippen molar-refractivity contribution >= 4 is 5.91 Å². The Balaban J connectivity index is 1.75. The molecule has 0 radical (unpaired) electrons. The van der Waals surface area contributed by atoms with E-state index in [-0.39, 0.29) is 5.91 Å². The van der Waals surface area contributed by atoms with Crippen molar-refractivity contribution in [2.24, 2.45) is 0 Å². The van der Waals surface area contributed by atoms with E-state index in [0.29, 0.717) is 23.4 Å². The van der Waals surface area contributed by atoms with Crippen molar-refractivity contribution in [1.82, 2.24) is 15.1 Å². The molecule has 29 heavy (non-hydrogen) atoms. The number of aryl methyl sites for hydroxylation is 1. The summed E-state index contributed by atoms with van der Waals surface area (Å²) in [5.74, 6) is -0.299. The molecule has 3 rings (SSSR count). The molecule has 0 saturated carbocycles. The highest BCUT2D eigenvalue weighted by Crippen LogP contribution is 2.30. The Bertz CT molecular complexity index is 993. The van der Waals surface area contributed by atoms with Gasteiger partial charge in [0.15, 0.2) is 0 Å². The predicted molar refractivity (Wildman–Crippen MR) is 105 cm³/mol. The lowest BCUT2D eigenvalue weighted by Gasteiger charge is -2.16. The average Bonchev–Trinajstić information content (AvgIpc) is 2.95. The third-order valence-corrected chi connectivity index (χ3v) is 4.87. The van der Waals surface area contributed by atoms with Gasteiger partial charge < -0.3 is 5.32 Å². The SMILES string of the molecule is Cc1nn(Cc2ccccc2)c(C)c1C(=O)NC(C)c1ccc(C(F)(F)F)cc1. The lowest BCUT2D eigenvalue weighted by atomic mass is 10.0. The van der Waals surface area contributed by atoms with E-state index in [9.17, 15) is 18.0 Å². The maximum absolute atomic E-state index is 12.8. The quantitative estimate of drug-likeness (QED) is 0.650. The number of nitrogens with one attached hydrogen (secondary N) is 1. The van der Waals surface area contributed by atoms with Crippen molar-refractivity contribution < 1.29 is 18.0 Å². The molecule has 0 bridgehead atoms. The highest BCUT2D eigenvalue weighted by Gasteiger charge is 2.30. The van der Waals surface area contributed by atoms with Crippen LogP contribution in [0.3, 0.4) is 0 Å². The average molecular weight is 401 g/mol. The Labute approximate surface area is 167 Å². The zero-order chi connectivity index (χ0) is 21.2. The fourth-order valence-electron chi connectivity index (χ4n) is 3.25. The third kappa shape index (κ3) is 4.67. The van der Waals surface area contributed by atoms with Crippen LogP contribution in [0, 0.1) is 13.8 Å². The first-order valence-electron chi connectivity index (χ1n) is 9.22. The summed E-state index contributed by atoms with van der Waals surface area (Å²) in [6.07, 6.45) is -4.38. The zero-order valence-electron chi connectivity index (χ0n) is 16.4. The van der Waals surface area contributed by atoms with Gasteiger partial charge in [-0.1, -0.05) is 42.5 Å². The number of carbonyl (C=O) groups excluding carboxylic acids is 1. The van der Waals surface area contributed by atoms with E-state index in [0.717, 1.165) is 23.4 Å². The Kier molecular flexibility index (Phi) is 5.77. The molecule has 1 aromatic heterocycles. The van der Waals surface area contributed by atoms with E-state index in [4.69, 9.17) is 0 Å². The van der Waals surface area contributed by atoms with Crippen molar-refractivity contribution in [2.45, 2.75) is 39.5 Å². The second-order valence-corrected chi connectivity index (χ2v) is 7.00. The molecule has 1 N–H and O–H groups in total. The number of alkyl halides is 3. The lowest BCUT2D eigenvalue weighted by Crippen LogP contribution is -2.27. The molecule has 7 heteroatoms. The standard InChI is InChI=1S/C22H22F3N3O/c1-14(18-9-11-19(12-10-18)22(23,24)25)26-21(29)20-15(2)27-28(16(20)3)13-17-7-5-4-6-8-17/h4-12,14H,13H2,1-3H3,(H,26,29). The van der Waals surface area contributed by atoms with Gasteiger partial charge in [0.05, 0.1) is 29.4 Å². The predicted octanol–water partition coefficient (Wildman–Crippen LogP) is 5.06. The van der Waals surface area contributed by atoms with Gasteiger partial charge >= 0.3 is 6.18 Å². The third-order valence-electron chi connectivity index (χ3n) is 4.87. The van der Waals surface area contributed by atoms with Crippen molar-refractivity contribution in [3.8, 4) is 0 Å². The monoisotopic (exact) mass is 401 g/mol. The van der Waals surface area contributed by atoms with E-state index >= 15 is 0 Å². The molecule has 1 unspecified atom stereocenters. The molecule has 152 valence electrons. The van der Waals surface area contributed by atoms with Crippen molar-refractivity contribution in [1.29, 1.82) is 0 Å². The first kappa shape index (κ1) is 20.6. The maximum Gasteiger partial charge on any atom is 0.416 e. The molecule has 4 nitrogen and oxygen atoms in total. The number of aromatic nitrogens is 2. The molecule has 2 aromatic carbocycles. The Hall–Kier alpha value is -3.09. The molecule has 1 amide bonds. The van der Waals surface area contributed by atoms with Gasteiger partial charge in [-0.05, 0) is 44.0 Å². The number of benzene rings is 2. The summed E-state index contributed by atoms with van der Waals surface area (Å²) in [7, 11) is 0. The summed E-state index contributed by atoms with van der Waals surface area (Å²) in [5.41, 5.74) is 2.79. The number of nitrogens with zero attached hydrogens (tertiary/aromatic N) is 2. The molecular weight excluding hydrogens is 379 g/mol.